The Morgan fingerprint density at radius 1 is 1.10 bits per heavy atom. The molecule has 0 atom stereocenters. The molecule has 0 radical (unpaired) electrons. The van der Waals surface area contributed by atoms with E-state index in [1.165, 1.54) is 0 Å². The monoisotopic (exact) mass is 577 g/mol. The molecule has 1 aliphatic rings. The number of thioether (sulfide) groups is 1. The van der Waals surface area contributed by atoms with Crippen molar-refractivity contribution in [1.29, 1.82) is 0 Å². The second-order valence-electron chi connectivity index (χ2n) is 10.1. The maximum absolute atomic E-state index is 15.1. The van der Waals surface area contributed by atoms with Gasteiger partial charge < -0.3 is 18.6 Å². The number of fused-ring (bicyclic) bond motifs is 1. The van der Waals surface area contributed by atoms with Crippen LogP contribution in [0.15, 0.2) is 64.6 Å². The van der Waals surface area contributed by atoms with Crippen LogP contribution in [-0.2, 0) is 23.3 Å². The molecule has 2 aromatic rings. The van der Waals surface area contributed by atoms with Gasteiger partial charge in [-0.1, -0.05) is 39.5 Å². The molecule has 0 saturated carbocycles. The van der Waals surface area contributed by atoms with Crippen molar-refractivity contribution in [2.24, 2.45) is 5.41 Å². The highest BCUT2D eigenvalue weighted by Gasteiger charge is 2.51. The van der Waals surface area contributed by atoms with Crippen LogP contribution in [0.4, 0.5) is 11.4 Å². The zero-order valence-electron chi connectivity index (χ0n) is 23.8. The minimum absolute atomic E-state index is 0.0599. The van der Waals surface area contributed by atoms with Crippen LogP contribution >= 0.6 is 11.8 Å². The summed E-state index contributed by atoms with van der Waals surface area (Å²) in [5, 5.41) is 0. The minimum atomic E-state index is -4.96. The molecule has 0 spiro atoms. The largest absolute Gasteiger partial charge is 0.497 e. The average Bonchev–Trinajstić information content (AvgIpc) is 3.01. The zero-order chi connectivity index (χ0) is 28.5. The summed E-state index contributed by atoms with van der Waals surface area (Å²) in [5.74, 6) is 0.0600. The molecule has 0 aliphatic carbocycles. The van der Waals surface area contributed by atoms with Crippen molar-refractivity contribution in [2.75, 3.05) is 37.2 Å². The summed E-state index contributed by atoms with van der Waals surface area (Å²) in [6.45, 7) is 6.74. The number of nitrogens with zero attached hydrogens (tertiary/aromatic N) is 1. The molecule has 3 rings (SSSR count). The van der Waals surface area contributed by atoms with Gasteiger partial charge in [0.1, 0.15) is 21.6 Å². The van der Waals surface area contributed by atoms with Crippen LogP contribution in [-0.4, -0.2) is 47.0 Å². The van der Waals surface area contributed by atoms with Gasteiger partial charge in [-0.2, -0.15) is 0 Å². The first-order chi connectivity index (χ1) is 18.6. The molecule has 1 heterocycles. The smallest absolute Gasteiger partial charge is 0.333 e. The van der Waals surface area contributed by atoms with Crippen molar-refractivity contribution in [3.63, 3.8) is 0 Å². The highest BCUT2D eigenvalue weighted by atomic mass is 32.3. The van der Waals surface area contributed by atoms with E-state index in [1.54, 1.807) is 31.9 Å². The number of esters is 1. The van der Waals surface area contributed by atoms with Crippen LogP contribution in [0.2, 0.25) is 0 Å². The van der Waals surface area contributed by atoms with Gasteiger partial charge in [-0.15, -0.1) is 11.8 Å². The molecule has 0 fully saturated rings. The topological polar surface area (TPSA) is 85.3 Å². The van der Waals surface area contributed by atoms with Crippen molar-refractivity contribution in [2.45, 2.75) is 69.1 Å². The Balaban J connectivity index is 2.28. The predicted octanol–water partition coefficient (Wildman–Crippen LogP) is 7.60. The van der Waals surface area contributed by atoms with E-state index < -0.39 is 21.0 Å². The lowest BCUT2D eigenvalue weighted by Gasteiger charge is -2.43. The number of benzene rings is 2. The van der Waals surface area contributed by atoms with Gasteiger partial charge >= 0.3 is 5.97 Å². The van der Waals surface area contributed by atoms with E-state index >= 15 is 4.21 Å². The van der Waals surface area contributed by atoms with Gasteiger partial charge in [-0.3, -0.25) is 4.55 Å². The second kappa shape index (κ2) is 13.2. The molecule has 9 heteroatoms. The van der Waals surface area contributed by atoms with Crippen molar-refractivity contribution in [1.82, 2.24) is 0 Å². The number of rotatable bonds is 13. The highest BCUT2D eigenvalue weighted by molar-refractivity contribution is 8.11. The first-order valence-electron chi connectivity index (χ1n) is 13.6. The number of methoxy groups -OCH3 is 1. The molecular formula is C30H43NO6S2. The third-order valence-electron chi connectivity index (χ3n) is 7.19. The molecule has 7 nitrogen and oxygen atoms in total. The molecule has 0 aromatic heterocycles. The molecule has 1 aliphatic heterocycles. The lowest BCUT2D eigenvalue weighted by Crippen LogP contribution is -2.47. The Kier molecular flexibility index (Phi) is 10.5. The van der Waals surface area contributed by atoms with Crippen LogP contribution < -0.4 is 9.64 Å². The fourth-order valence-electron chi connectivity index (χ4n) is 5.26. The molecule has 2 aromatic carbocycles. The van der Waals surface area contributed by atoms with E-state index in [0.29, 0.717) is 12.2 Å². The summed E-state index contributed by atoms with van der Waals surface area (Å²) < 4.78 is 43.6. The van der Waals surface area contributed by atoms with Gasteiger partial charge in [-0.25, -0.2) is 9.00 Å². The molecule has 39 heavy (non-hydrogen) atoms. The van der Waals surface area contributed by atoms with Crippen molar-refractivity contribution in [3.8, 4) is 5.75 Å². The SMILES string of the molecule is CCCCC1(CCCC)CN(c2ccc(OC)cc2)c2cc(SC)ccc2S(=O)(O)(O/C=C\C(=O)OCC)C1. The van der Waals surface area contributed by atoms with Crippen LogP contribution in [0.5, 0.6) is 5.75 Å². The Labute approximate surface area is 237 Å². The maximum atomic E-state index is 15.1. The summed E-state index contributed by atoms with van der Waals surface area (Å²) in [5.41, 5.74) is 1.03. The van der Waals surface area contributed by atoms with Gasteiger partial charge in [0.25, 0.3) is 0 Å². The van der Waals surface area contributed by atoms with Crippen LogP contribution in [0.1, 0.15) is 59.3 Å². The summed E-state index contributed by atoms with van der Waals surface area (Å²) >= 11 is 1.57. The molecule has 216 valence electrons. The summed E-state index contributed by atoms with van der Waals surface area (Å²) in [6.07, 6.45) is 9.44. The normalized spacial score (nSPS) is 18.4. The highest BCUT2D eigenvalue weighted by Crippen LogP contribution is 2.53. The molecule has 0 saturated heterocycles. The van der Waals surface area contributed by atoms with Crippen LogP contribution in [0, 0.1) is 5.41 Å². The third-order valence-corrected chi connectivity index (χ3v) is 10.8. The van der Waals surface area contributed by atoms with E-state index in [2.05, 4.69) is 18.7 Å². The number of carbonyl (C=O) groups excluding carboxylic acids is 1. The van der Waals surface area contributed by atoms with Gasteiger partial charge in [0, 0.05) is 22.5 Å². The van der Waals surface area contributed by atoms with Gasteiger partial charge in [-0.05, 0) is 68.5 Å². The lowest BCUT2D eigenvalue weighted by molar-refractivity contribution is -0.137. The molecule has 0 amide bonds. The standard InChI is InChI=1S/C30H43NO6S2/c1-6-9-18-30(19-10-7-2)22-31(24-11-13-25(35-4)14-12-24)27-21-26(38-5)15-16-28(27)39(33,34,23-30)37-20-17-29(32)36-8-3/h11-17,20-21H,6-10,18-19,22-23H2,1-5H3,(H,33,34)/b20-17-. The average molecular weight is 578 g/mol. The van der Waals surface area contributed by atoms with Crippen LogP contribution in [0.3, 0.4) is 0 Å². The number of carbonyl (C=O) groups is 1. The van der Waals surface area contributed by atoms with Crippen molar-refractivity contribution >= 4 is 38.7 Å². The van der Waals surface area contributed by atoms with E-state index in [9.17, 15) is 9.35 Å². The molecular weight excluding hydrogens is 534 g/mol. The van der Waals surface area contributed by atoms with E-state index in [1.807, 2.05) is 42.7 Å². The Morgan fingerprint density at radius 2 is 1.77 bits per heavy atom. The second-order valence-corrected chi connectivity index (χ2v) is 13.9. The number of hydrogen-bond donors (Lipinski definition) is 1. The van der Waals surface area contributed by atoms with E-state index in [4.69, 9.17) is 13.7 Å². The minimum Gasteiger partial charge on any atom is -0.497 e. The lowest BCUT2D eigenvalue weighted by atomic mass is 9.79. The number of anilines is 2. The van der Waals surface area contributed by atoms with Crippen LogP contribution in [0.25, 0.3) is 0 Å². The van der Waals surface area contributed by atoms with Gasteiger partial charge in [0.05, 0.1) is 36.1 Å². The molecule has 1 N–H and O–H groups in total. The quantitative estimate of drug-likeness (QED) is 0.113. The Bertz CT molecular complexity index is 1200. The number of unbranched alkanes of at least 4 members (excludes halogenated alkanes) is 2. The Morgan fingerprint density at radius 3 is 2.33 bits per heavy atom. The fraction of sp³-hybridized carbons (Fsp3) is 0.500. The number of hydrogen-bond acceptors (Lipinski definition) is 7. The van der Waals surface area contributed by atoms with Gasteiger partial charge in [0.15, 0.2) is 0 Å². The number of ether oxygens (including phenoxy) is 2. The molecule has 0 unspecified atom stereocenters. The summed E-state index contributed by atoms with van der Waals surface area (Å²) in [7, 11) is -3.33. The first-order valence-corrected chi connectivity index (χ1v) is 16.9. The summed E-state index contributed by atoms with van der Waals surface area (Å²) in [4.78, 5) is 15.4. The zero-order valence-corrected chi connectivity index (χ0v) is 25.4. The fourth-order valence-corrected chi connectivity index (χ4v) is 8.68. The van der Waals surface area contributed by atoms with Crippen molar-refractivity contribution in [3.05, 3.63) is 54.8 Å². The van der Waals surface area contributed by atoms with Crippen molar-refractivity contribution < 1.29 is 27.2 Å². The first kappa shape index (κ1) is 31.0. The molecule has 0 bridgehead atoms. The van der Waals surface area contributed by atoms with E-state index in [-0.39, 0.29) is 17.3 Å². The van der Waals surface area contributed by atoms with Gasteiger partial charge in [0.2, 0.25) is 0 Å². The third kappa shape index (κ3) is 7.38. The predicted molar refractivity (Wildman–Crippen MR) is 160 cm³/mol. The summed E-state index contributed by atoms with van der Waals surface area (Å²) in [6, 6.07) is 13.3. The Hall–Kier alpha value is -2.49. The van der Waals surface area contributed by atoms with E-state index in [0.717, 1.165) is 67.2 Å². The maximum Gasteiger partial charge on any atom is 0.333 e.